The van der Waals surface area contributed by atoms with E-state index in [4.69, 9.17) is 0 Å². The predicted octanol–water partition coefficient (Wildman–Crippen LogP) is 1.81. The van der Waals surface area contributed by atoms with Gasteiger partial charge in [0.2, 0.25) is 11.8 Å². The molecule has 2 N–H and O–H groups in total. The molecule has 0 aromatic carbocycles. The first-order valence-electron chi connectivity index (χ1n) is 10.7. The van der Waals surface area contributed by atoms with E-state index >= 15 is 0 Å². The van der Waals surface area contributed by atoms with Crippen LogP contribution in [0.3, 0.4) is 0 Å². The Bertz CT molecular complexity index is 528. The molecule has 2 aliphatic heterocycles. The summed E-state index contributed by atoms with van der Waals surface area (Å²) >= 11 is 0. The lowest BCUT2D eigenvalue weighted by Crippen LogP contribution is -2.52. The van der Waals surface area contributed by atoms with Crippen LogP contribution in [0.15, 0.2) is 0 Å². The number of hydrogen-bond donors (Lipinski definition) is 2. The van der Waals surface area contributed by atoms with Gasteiger partial charge < -0.3 is 15.5 Å². The van der Waals surface area contributed by atoms with Crippen molar-refractivity contribution in [2.45, 2.75) is 57.4 Å². The van der Waals surface area contributed by atoms with Crippen LogP contribution < -0.4 is 10.6 Å². The normalized spacial score (nSPS) is 27.4. The molecule has 0 aromatic rings. The van der Waals surface area contributed by atoms with E-state index in [-0.39, 0.29) is 36.6 Å². The van der Waals surface area contributed by atoms with E-state index < -0.39 is 0 Å². The monoisotopic (exact) mass is 434 g/mol. The van der Waals surface area contributed by atoms with Crippen LogP contribution in [0.5, 0.6) is 0 Å². The Morgan fingerprint density at radius 3 is 2.25 bits per heavy atom. The number of carbonyl (C=O) groups excluding carboxylic acids is 2. The third-order valence-corrected chi connectivity index (χ3v) is 7.11. The highest BCUT2D eigenvalue weighted by molar-refractivity contribution is 5.85. The van der Waals surface area contributed by atoms with Crippen molar-refractivity contribution in [3.8, 4) is 0 Å². The summed E-state index contributed by atoms with van der Waals surface area (Å²) in [6.07, 6.45) is 9.46. The zero-order valence-corrected chi connectivity index (χ0v) is 18.4. The molecule has 2 saturated carbocycles. The van der Waals surface area contributed by atoms with Crippen LogP contribution in [-0.2, 0) is 9.59 Å². The molecule has 4 rings (SSSR count). The zero-order chi connectivity index (χ0) is 18.0. The molecule has 1 unspecified atom stereocenters. The lowest BCUT2D eigenvalue weighted by molar-refractivity contribution is -0.135. The first-order chi connectivity index (χ1) is 12.7. The van der Waals surface area contributed by atoms with Crippen LogP contribution in [0.1, 0.15) is 51.4 Å². The molecule has 28 heavy (non-hydrogen) atoms. The summed E-state index contributed by atoms with van der Waals surface area (Å²) in [5.74, 6) is 0.802. The van der Waals surface area contributed by atoms with Crippen molar-refractivity contribution < 1.29 is 9.59 Å². The van der Waals surface area contributed by atoms with Crippen molar-refractivity contribution in [3.05, 3.63) is 0 Å². The number of halogens is 2. The molecule has 2 aliphatic carbocycles. The summed E-state index contributed by atoms with van der Waals surface area (Å²) in [5.41, 5.74) is 0.319. The van der Waals surface area contributed by atoms with Gasteiger partial charge >= 0.3 is 0 Å². The second kappa shape index (κ2) is 10.5. The molecule has 2 amide bonds. The maximum absolute atomic E-state index is 12.8. The molecule has 4 aliphatic rings. The molecule has 1 atom stereocenters. The Kier molecular flexibility index (Phi) is 8.86. The molecular formula is C20H36Cl2N4O2. The van der Waals surface area contributed by atoms with Gasteiger partial charge in [0.25, 0.3) is 0 Å². The van der Waals surface area contributed by atoms with Gasteiger partial charge in [0.1, 0.15) is 0 Å². The lowest BCUT2D eigenvalue weighted by atomic mass is 9.91. The second-order valence-electron chi connectivity index (χ2n) is 8.87. The van der Waals surface area contributed by atoms with Gasteiger partial charge in [-0.2, -0.15) is 0 Å². The van der Waals surface area contributed by atoms with E-state index in [1.165, 1.54) is 19.3 Å². The second-order valence-corrected chi connectivity index (χ2v) is 8.87. The smallest absolute Gasteiger partial charge is 0.234 e. The Hall–Kier alpha value is -0.560. The van der Waals surface area contributed by atoms with E-state index in [1.807, 2.05) is 0 Å². The maximum Gasteiger partial charge on any atom is 0.234 e. The van der Waals surface area contributed by atoms with Crippen molar-refractivity contribution in [1.82, 2.24) is 20.4 Å². The molecule has 162 valence electrons. The first kappa shape index (κ1) is 23.7. The molecule has 1 spiro atoms. The highest BCUT2D eigenvalue weighted by Crippen LogP contribution is 2.59. The predicted molar refractivity (Wildman–Crippen MR) is 115 cm³/mol. The topological polar surface area (TPSA) is 64.7 Å². The number of nitrogens with one attached hydrogen (secondary N) is 2. The maximum atomic E-state index is 12.8. The summed E-state index contributed by atoms with van der Waals surface area (Å²) in [5, 5.41) is 6.60. The highest BCUT2D eigenvalue weighted by Gasteiger charge is 2.58. The fraction of sp³-hybridized carbons (Fsp3) is 0.900. The van der Waals surface area contributed by atoms with Crippen molar-refractivity contribution >= 4 is 36.6 Å². The average molecular weight is 435 g/mol. The van der Waals surface area contributed by atoms with Crippen LogP contribution in [0.4, 0.5) is 0 Å². The fourth-order valence-electron chi connectivity index (χ4n) is 5.24. The van der Waals surface area contributed by atoms with Gasteiger partial charge in [0.05, 0.1) is 6.54 Å². The molecule has 2 heterocycles. The summed E-state index contributed by atoms with van der Waals surface area (Å²) in [6.45, 7) is 5.82. The van der Waals surface area contributed by atoms with Gasteiger partial charge in [0.15, 0.2) is 0 Å². The molecule has 0 bridgehead atoms. The lowest BCUT2D eigenvalue weighted by Gasteiger charge is -2.35. The van der Waals surface area contributed by atoms with E-state index in [0.29, 0.717) is 23.9 Å². The summed E-state index contributed by atoms with van der Waals surface area (Å²) in [4.78, 5) is 29.4. The Labute approximate surface area is 181 Å². The number of carbonyl (C=O) groups is 2. The standard InChI is InChI=1S/C20H34N4O2.2ClH/c25-18(22-16-4-2-1-3-5-16)15-23-10-12-24(13-11-23)19(26)17-14-20(17)6-8-21-9-7-20;;/h16-17,21H,1-15H2,(H,22,25);2*1H. The third-order valence-electron chi connectivity index (χ3n) is 7.11. The van der Waals surface area contributed by atoms with Gasteiger partial charge in [-0.3, -0.25) is 14.5 Å². The van der Waals surface area contributed by atoms with E-state index in [2.05, 4.69) is 20.4 Å². The van der Waals surface area contributed by atoms with Crippen LogP contribution in [0.25, 0.3) is 0 Å². The van der Waals surface area contributed by atoms with Crippen LogP contribution in [0.2, 0.25) is 0 Å². The van der Waals surface area contributed by atoms with Crippen molar-refractivity contribution in [3.63, 3.8) is 0 Å². The molecule has 6 nitrogen and oxygen atoms in total. The molecular weight excluding hydrogens is 399 g/mol. The minimum absolute atomic E-state index is 0. The highest BCUT2D eigenvalue weighted by atomic mass is 35.5. The van der Waals surface area contributed by atoms with Gasteiger partial charge in [-0.1, -0.05) is 19.3 Å². The SMILES string of the molecule is Cl.Cl.O=C(CN1CCN(C(=O)C2CC23CCNCC3)CC1)NC1CCCCC1. The fourth-order valence-corrected chi connectivity index (χ4v) is 5.24. The summed E-state index contributed by atoms with van der Waals surface area (Å²) < 4.78 is 0. The minimum atomic E-state index is 0. The number of hydrogen-bond acceptors (Lipinski definition) is 4. The molecule has 0 aromatic heterocycles. The molecule has 0 radical (unpaired) electrons. The van der Waals surface area contributed by atoms with Gasteiger partial charge in [0, 0.05) is 38.1 Å². The quantitative estimate of drug-likeness (QED) is 0.707. The van der Waals surface area contributed by atoms with E-state index in [9.17, 15) is 9.59 Å². The number of nitrogens with zero attached hydrogens (tertiary/aromatic N) is 2. The molecule has 4 fully saturated rings. The summed E-state index contributed by atoms with van der Waals surface area (Å²) in [6, 6.07) is 0.384. The molecule has 2 saturated heterocycles. The Morgan fingerprint density at radius 2 is 1.61 bits per heavy atom. The molecule has 8 heteroatoms. The number of rotatable bonds is 4. The van der Waals surface area contributed by atoms with Crippen LogP contribution in [0, 0.1) is 11.3 Å². The zero-order valence-electron chi connectivity index (χ0n) is 16.8. The van der Waals surface area contributed by atoms with Crippen LogP contribution >= 0.6 is 24.8 Å². The Balaban J connectivity index is 0.00000140. The number of amides is 2. The summed E-state index contributed by atoms with van der Waals surface area (Å²) in [7, 11) is 0. The van der Waals surface area contributed by atoms with E-state index in [0.717, 1.165) is 71.4 Å². The van der Waals surface area contributed by atoms with Crippen LogP contribution in [-0.4, -0.2) is 73.5 Å². The van der Waals surface area contributed by atoms with Crippen molar-refractivity contribution in [1.29, 1.82) is 0 Å². The first-order valence-corrected chi connectivity index (χ1v) is 10.7. The average Bonchev–Trinajstić information content (AvgIpc) is 3.36. The number of piperazine rings is 1. The Morgan fingerprint density at radius 1 is 0.964 bits per heavy atom. The van der Waals surface area contributed by atoms with Gasteiger partial charge in [-0.15, -0.1) is 24.8 Å². The minimum Gasteiger partial charge on any atom is -0.352 e. The largest absolute Gasteiger partial charge is 0.352 e. The van der Waals surface area contributed by atoms with Gasteiger partial charge in [-0.05, 0) is 50.6 Å². The van der Waals surface area contributed by atoms with Crippen molar-refractivity contribution in [2.75, 3.05) is 45.8 Å². The number of piperidine rings is 1. The van der Waals surface area contributed by atoms with Crippen molar-refractivity contribution in [2.24, 2.45) is 11.3 Å². The third kappa shape index (κ3) is 5.53. The van der Waals surface area contributed by atoms with Gasteiger partial charge in [-0.25, -0.2) is 0 Å². The van der Waals surface area contributed by atoms with E-state index in [1.54, 1.807) is 0 Å².